The number of aryl methyl sites for hydroxylation is 1. The molecule has 0 aliphatic rings. The van der Waals surface area contributed by atoms with Crippen LogP contribution in [0.1, 0.15) is 11.3 Å². The first-order valence-corrected chi connectivity index (χ1v) is 6.65. The average Bonchev–Trinajstić information content (AvgIpc) is 2.41. The maximum Gasteiger partial charge on any atom is 0.319 e. The number of halogens is 1. The number of nitrogens with zero attached hydrogens (tertiary/aromatic N) is 1. The highest BCUT2D eigenvalue weighted by Crippen LogP contribution is 2.23. The van der Waals surface area contributed by atoms with Gasteiger partial charge in [0.15, 0.2) is 0 Å². The van der Waals surface area contributed by atoms with Gasteiger partial charge in [-0.3, -0.25) is 4.98 Å². The van der Waals surface area contributed by atoms with Gasteiger partial charge in [0.2, 0.25) is 0 Å². The summed E-state index contributed by atoms with van der Waals surface area (Å²) in [5.74, 6) is 0. The van der Waals surface area contributed by atoms with Crippen LogP contribution in [0.4, 0.5) is 10.5 Å². The number of hydrogen-bond acceptors (Lipinski definition) is 2. The zero-order chi connectivity index (χ0) is 13.7. The van der Waals surface area contributed by atoms with Crippen molar-refractivity contribution in [1.82, 2.24) is 10.3 Å². The van der Waals surface area contributed by atoms with Crippen LogP contribution in [0.3, 0.4) is 0 Å². The molecule has 0 spiro atoms. The van der Waals surface area contributed by atoms with E-state index in [0.717, 1.165) is 21.4 Å². The van der Waals surface area contributed by atoms with Crippen LogP contribution in [-0.2, 0) is 6.54 Å². The van der Waals surface area contributed by atoms with Crippen LogP contribution in [0, 0.1) is 6.92 Å². The van der Waals surface area contributed by atoms with Crippen LogP contribution in [0.2, 0.25) is 0 Å². The van der Waals surface area contributed by atoms with E-state index < -0.39 is 0 Å². The summed E-state index contributed by atoms with van der Waals surface area (Å²) < 4.78 is 0.862. The molecule has 0 bridgehead atoms. The standard InChI is InChI=1S/C14H14BrN3O/c1-10-5-6-13(12(15)8-10)18-14(19)17-9-11-4-2-3-7-16-11/h2-8H,9H2,1H3,(H2,17,18,19). The Bertz CT molecular complexity index is 572. The third kappa shape index (κ3) is 4.06. The third-order valence-electron chi connectivity index (χ3n) is 2.53. The first-order valence-electron chi connectivity index (χ1n) is 5.86. The van der Waals surface area contributed by atoms with Gasteiger partial charge in [0.05, 0.1) is 17.9 Å². The Hall–Kier alpha value is -1.88. The highest BCUT2D eigenvalue weighted by molar-refractivity contribution is 9.10. The number of anilines is 1. The van der Waals surface area contributed by atoms with Crippen molar-refractivity contribution in [2.45, 2.75) is 13.5 Å². The van der Waals surface area contributed by atoms with E-state index in [1.165, 1.54) is 0 Å². The molecule has 0 unspecified atom stereocenters. The van der Waals surface area contributed by atoms with E-state index >= 15 is 0 Å². The van der Waals surface area contributed by atoms with Gasteiger partial charge in [-0.05, 0) is 52.7 Å². The van der Waals surface area contributed by atoms with E-state index in [9.17, 15) is 4.79 Å². The average molecular weight is 320 g/mol. The Morgan fingerprint density at radius 3 is 2.84 bits per heavy atom. The molecule has 0 saturated heterocycles. The molecule has 2 rings (SSSR count). The number of rotatable bonds is 3. The van der Waals surface area contributed by atoms with Crippen molar-refractivity contribution in [3.63, 3.8) is 0 Å². The Morgan fingerprint density at radius 1 is 1.32 bits per heavy atom. The fraction of sp³-hybridized carbons (Fsp3) is 0.143. The van der Waals surface area contributed by atoms with Crippen molar-refractivity contribution < 1.29 is 4.79 Å². The Labute approximate surface area is 120 Å². The zero-order valence-corrected chi connectivity index (χ0v) is 12.1. The molecule has 0 fully saturated rings. The van der Waals surface area contributed by atoms with Gasteiger partial charge >= 0.3 is 6.03 Å². The number of benzene rings is 1. The highest BCUT2D eigenvalue weighted by Gasteiger charge is 2.05. The lowest BCUT2D eigenvalue weighted by molar-refractivity contribution is 0.251. The van der Waals surface area contributed by atoms with Gasteiger partial charge in [-0.25, -0.2) is 4.79 Å². The molecule has 0 aliphatic carbocycles. The first kappa shape index (κ1) is 13.5. The third-order valence-corrected chi connectivity index (χ3v) is 3.19. The highest BCUT2D eigenvalue weighted by atomic mass is 79.9. The number of nitrogens with one attached hydrogen (secondary N) is 2. The van der Waals surface area contributed by atoms with Crippen LogP contribution >= 0.6 is 15.9 Å². The maximum absolute atomic E-state index is 11.8. The van der Waals surface area contributed by atoms with Gasteiger partial charge in [-0.2, -0.15) is 0 Å². The summed E-state index contributed by atoms with van der Waals surface area (Å²) in [6, 6.07) is 11.1. The lowest BCUT2D eigenvalue weighted by Crippen LogP contribution is -2.28. The molecular formula is C14H14BrN3O. The van der Waals surface area contributed by atoms with Crippen LogP contribution in [-0.4, -0.2) is 11.0 Å². The summed E-state index contributed by atoms with van der Waals surface area (Å²) in [4.78, 5) is 15.9. The predicted molar refractivity (Wildman–Crippen MR) is 79.0 cm³/mol. The molecule has 1 aromatic carbocycles. The second-order valence-corrected chi connectivity index (χ2v) is 4.97. The molecule has 4 nitrogen and oxygen atoms in total. The van der Waals surface area contributed by atoms with Crippen molar-refractivity contribution in [2.24, 2.45) is 0 Å². The summed E-state index contributed by atoms with van der Waals surface area (Å²) in [7, 11) is 0. The molecule has 0 atom stereocenters. The monoisotopic (exact) mass is 319 g/mol. The quantitative estimate of drug-likeness (QED) is 0.910. The molecule has 0 aliphatic heterocycles. The predicted octanol–water partition coefficient (Wildman–Crippen LogP) is 3.47. The molecule has 1 aromatic heterocycles. The molecule has 98 valence electrons. The lowest BCUT2D eigenvalue weighted by Gasteiger charge is -2.09. The normalized spacial score (nSPS) is 10.0. The van der Waals surface area contributed by atoms with Crippen LogP contribution in [0.25, 0.3) is 0 Å². The van der Waals surface area contributed by atoms with Crippen molar-refractivity contribution in [3.05, 3.63) is 58.3 Å². The molecule has 19 heavy (non-hydrogen) atoms. The van der Waals surface area contributed by atoms with Crippen molar-refractivity contribution >= 4 is 27.6 Å². The summed E-state index contributed by atoms with van der Waals surface area (Å²) >= 11 is 3.42. The topological polar surface area (TPSA) is 54.0 Å². The summed E-state index contributed by atoms with van der Waals surface area (Å²) in [6.07, 6.45) is 1.70. The lowest BCUT2D eigenvalue weighted by atomic mass is 10.2. The second kappa shape index (κ2) is 6.33. The van der Waals surface area contributed by atoms with Crippen molar-refractivity contribution in [3.8, 4) is 0 Å². The fourth-order valence-corrected chi connectivity index (χ4v) is 2.15. The van der Waals surface area contributed by atoms with Crippen LogP contribution in [0.15, 0.2) is 47.1 Å². The van der Waals surface area contributed by atoms with Gasteiger partial charge in [0, 0.05) is 10.7 Å². The molecular weight excluding hydrogens is 306 g/mol. The number of amides is 2. The van der Waals surface area contributed by atoms with Crippen molar-refractivity contribution in [1.29, 1.82) is 0 Å². The Kier molecular flexibility index (Phi) is 4.52. The number of aromatic nitrogens is 1. The van der Waals surface area contributed by atoms with E-state index in [-0.39, 0.29) is 6.03 Å². The molecule has 2 aromatic rings. The van der Waals surface area contributed by atoms with Gasteiger partial charge < -0.3 is 10.6 Å². The molecule has 1 heterocycles. The number of carbonyl (C=O) groups excluding carboxylic acids is 1. The van der Waals surface area contributed by atoms with Gasteiger partial charge in [0.1, 0.15) is 0 Å². The van der Waals surface area contributed by atoms with E-state index in [0.29, 0.717) is 6.54 Å². The maximum atomic E-state index is 11.8. The Morgan fingerprint density at radius 2 is 2.16 bits per heavy atom. The summed E-state index contributed by atoms with van der Waals surface area (Å²) in [5.41, 5.74) is 2.69. The van der Waals surface area contributed by atoms with Gasteiger partial charge in [-0.15, -0.1) is 0 Å². The van der Waals surface area contributed by atoms with E-state index in [1.54, 1.807) is 6.20 Å². The van der Waals surface area contributed by atoms with E-state index in [4.69, 9.17) is 0 Å². The summed E-state index contributed by atoms with van der Waals surface area (Å²) in [5, 5.41) is 5.54. The van der Waals surface area contributed by atoms with Crippen LogP contribution in [0.5, 0.6) is 0 Å². The van der Waals surface area contributed by atoms with Gasteiger partial charge in [-0.1, -0.05) is 12.1 Å². The molecule has 5 heteroatoms. The number of hydrogen-bond donors (Lipinski definition) is 2. The van der Waals surface area contributed by atoms with E-state index in [1.807, 2.05) is 43.3 Å². The number of pyridine rings is 1. The summed E-state index contributed by atoms with van der Waals surface area (Å²) in [6.45, 7) is 2.39. The number of carbonyl (C=O) groups is 1. The zero-order valence-electron chi connectivity index (χ0n) is 10.5. The molecule has 2 amide bonds. The smallest absolute Gasteiger partial charge is 0.319 e. The SMILES string of the molecule is Cc1ccc(NC(=O)NCc2ccccn2)c(Br)c1. The minimum Gasteiger partial charge on any atom is -0.332 e. The van der Waals surface area contributed by atoms with Gasteiger partial charge in [0.25, 0.3) is 0 Å². The largest absolute Gasteiger partial charge is 0.332 e. The Balaban J connectivity index is 1.91. The second-order valence-electron chi connectivity index (χ2n) is 4.11. The number of urea groups is 1. The minimum absolute atomic E-state index is 0.254. The molecule has 2 N–H and O–H groups in total. The fourth-order valence-electron chi connectivity index (χ4n) is 1.56. The van der Waals surface area contributed by atoms with Crippen LogP contribution < -0.4 is 10.6 Å². The minimum atomic E-state index is -0.254. The van der Waals surface area contributed by atoms with Crippen molar-refractivity contribution in [2.75, 3.05) is 5.32 Å². The first-order chi connectivity index (χ1) is 9.15. The molecule has 0 saturated carbocycles. The molecule has 0 radical (unpaired) electrons. The van der Waals surface area contributed by atoms with E-state index in [2.05, 4.69) is 31.5 Å².